The molecule has 0 aliphatic heterocycles. The van der Waals surface area contributed by atoms with E-state index >= 15 is 0 Å². The van der Waals surface area contributed by atoms with Crippen LogP contribution >= 0.6 is 27.3 Å². The molecule has 3 amide bonds. The maximum absolute atomic E-state index is 13.4. The Morgan fingerprint density at radius 2 is 1.69 bits per heavy atom. The Bertz CT molecular complexity index is 1020. The quantitative estimate of drug-likeness (QED) is 0.383. The Morgan fingerprint density at radius 1 is 0.938 bits per heavy atom. The minimum absolute atomic E-state index is 0.0474. The number of benzene rings is 2. The van der Waals surface area contributed by atoms with E-state index in [9.17, 15) is 9.59 Å². The maximum atomic E-state index is 13.4. The fraction of sp³-hybridized carbons (Fsp3) is 0.280. The topological polar surface area (TPSA) is 52.7 Å². The number of thiophene rings is 1. The molecule has 0 bridgehead atoms. The molecular formula is C25H26BrN3O2S. The molecule has 1 aliphatic rings. The number of nitrogens with one attached hydrogen (secondary N) is 1. The fourth-order valence-corrected chi connectivity index (χ4v) is 4.44. The number of hydrogen-bond donors (Lipinski definition) is 1. The van der Waals surface area contributed by atoms with Gasteiger partial charge in [-0.2, -0.15) is 0 Å². The van der Waals surface area contributed by atoms with E-state index in [-0.39, 0.29) is 18.5 Å². The Balaban J connectivity index is 1.46. The van der Waals surface area contributed by atoms with Gasteiger partial charge in [0.1, 0.15) is 6.54 Å². The maximum Gasteiger partial charge on any atom is 0.322 e. The molecule has 0 spiro atoms. The molecule has 4 rings (SSSR count). The lowest BCUT2D eigenvalue weighted by Crippen LogP contribution is -2.44. The first-order valence-electron chi connectivity index (χ1n) is 10.7. The van der Waals surface area contributed by atoms with Crippen LogP contribution in [0.4, 0.5) is 10.5 Å². The first-order valence-corrected chi connectivity index (χ1v) is 12.4. The number of nitrogens with zero attached hydrogens (tertiary/aromatic N) is 2. The van der Waals surface area contributed by atoms with Crippen LogP contribution in [0.3, 0.4) is 0 Å². The van der Waals surface area contributed by atoms with Crippen molar-refractivity contribution >= 4 is 44.9 Å². The van der Waals surface area contributed by atoms with Crippen molar-refractivity contribution in [1.29, 1.82) is 0 Å². The third-order valence-electron chi connectivity index (χ3n) is 5.38. The van der Waals surface area contributed by atoms with Crippen LogP contribution in [0.25, 0.3) is 0 Å². The summed E-state index contributed by atoms with van der Waals surface area (Å²) in [4.78, 5) is 31.0. The Morgan fingerprint density at radius 3 is 2.34 bits per heavy atom. The fourth-order valence-electron chi connectivity index (χ4n) is 3.46. The second-order valence-corrected chi connectivity index (χ2v) is 10.0. The van der Waals surface area contributed by atoms with Gasteiger partial charge in [0.25, 0.3) is 0 Å². The lowest BCUT2D eigenvalue weighted by atomic mass is 10.2. The van der Waals surface area contributed by atoms with Gasteiger partial charge in [0.2, 0.25) is 5.91 Å². The van der Waals surface area contributed by atoms with Gasteiger partial charge in [0.15, 0.2) is 0 Å². The van der Waals surface area contributed by atoms with E-state index in [1.54, 1.807) is 16.2 Å². The molecule has 5 nitrogen and oxygen atoms in total. The molecular weight excluding hydrogens is 486 g/mol. The highest BCUT2D eigenvalue weighted by molar-refractivity contribution is 9.10. The first-order chi connectivity index (χ1) is 15.6. The van der Waals surface area contributed by atoms with Gasteiger partial charge in [-0.25, -0.2) is 4.79 Å². The summed E-state index contributed by atoms with van der Waals surface area (Å²) in [5, 5.41) is 4.96. The van der Waals surface area contributed by atoms with Gasteiger partial charge < -0.3 is 15.1 Å². The lowest BCUT2D eigenvalue weighted by molar-refractivity contribution is -0.133. The molecule has 7 heteroatoms. The highest BCUT2D eigenvalue weighted by atomic mass is 79.9. The van der Waals surface area contributed by atoms with Gasteiger partial charge in [0.05, 0.1) is 6.54 Å². The van der Waals surface area contributed by atoms with Crippen molar-refractivity contribution in [2.45, 2.75) is 25.9 Å². The first kappa shape index (κ1) is 22.6. The largest absolute Gasteiger partial charge is 0.332 e. The van der Waals surface area contributed by atoms with Crippen molar-refractivity contribution in [3.05, 3.63) is 87.0 Å². The zero-order chi connectivity index (χ0) is 22.3. The van der Waals surface area contributed by atoms with Gasteiger partial charge >= 0.3 is 6.03 Å². The third kappa shape index (κ3) is 6.68. The molecule has 1 aromatic heterocycles. The Hall–Kier alpha value is -2.64. The zero-order valence-corrected chi connectivity index (χ0v) is 20.1. The van der Waals surface area contributed by atoms with Crippen molar-refractivity contribution in [3.8, 4) is 0 Å². The molecule has 0 saturated heterocycles. The van der Waals surface area contributed by atoms with E-state index in [0.717, 1.165) is 27.8 Å². The number of carbonyl (C=O) groups excluding carboxylic acids is 2. The highest BCUT2D eigenvalue weighted by Gasteiger charge is 2.29. The predicted molar refractivity (Wildman–Crippen MR) is 132 cm³/mol. The molecule has 1 aliphatic carbocycles. The molecule has 1 fully saturated rings. The molecule has 1 heterocycles. The second-order valence-electron chi connectivity index (χ2n) is 8.08. The number of amides is 3. The molecule has 1 saturated carbocycles. The van der Waals surface area contributed by atoms with Crippen LogP contribution in [0.5, 0.6) is 0 Å². The summed E-state index contributed by atoms with van der Waals surface area (Å²) in [6, 6.07) is 21.2. The molecule has 3 aromatic rings. The average molecular weight is 512 g/mol. The number of halogens is 1. The average Bonchev–Trinajstić information content (AvgIpc) is 3.47. The van der Waals surface area contributed by atoms with Crippen molar-refractivity contribution in [3.63, 3.8) is 0 Å². The number of anilines is 1. The summed E-state index contributed by atoms with van der Waals surface area (Å²) in [5.41, 5.74) is 1.79. The van der Waals surface area contributed by atoms with E-state index in [1.165, 1.54) is 0 Å². The van der Waals surface area contributed by atoms with Gasteiger partial charge in [-0.3, -0.25) is 4.79 Å². The summed E-state index contributed by atoms with van der Waals surface area (Å²) in [6.45, 7) is 1.73. The lowest BCUT2D eigenvalue weighted by Gasteiger charge is -2.28. The summed E-state index contributed by atoms with van der Waals surface area (Å²) in [6.07, 6.45) is 2.22. The van der Waals surface area contributed by atoms with E-state index < -0.39 is 0 Å². The van der Waals surface area contributed by atoms with Crippen LogP contribution in [0.15, 0.2) is 76.6 Å². The molecule has 2 aromatic carbocycles. The van der Waals surface area contributed by atoms with E-state index in [0.29, 0.717) is 31.2 Å². The van der Waals surface area contributed by atoms with Gasteiger partial charge in [-0.1, -0.05) is 52.3 Å². The molecule has 1 N–H and O–H groups in total. The number of urea groups is 1. The van der Waals surface area contributed by atoms with Gasteiger partial charge in [0, 0.05) is 28.1 Å². The van der Waals surface area contributed by atoms with Crippen molar-refractivity contribution in [2.75, 3.05) is 18.4 Å². The number of hydrogen-bond acceptors (Lipinski definition) is 3. The normalized spacial score (nSPS) is 12.9. The van der Waals surface area contributed by atoms with E-state index in [1.807, 2.05) is 77.0 Å². The summed E-state index contributed by atoms with van der Waals surface area (Å²) < 4.78 is 0.950. The minimum Gasteiger partial charge on any atom is -0.332 e. The van der Waals surface area contributed by atoms with Crippen LogP contribution in [-0.4, -0.2) is 34.8 Å². The van der Waals surface area contributed by atoms with Crippen LogP contribution in [0.2, 0.25) is 0 Å². The molecule has 32 heavy (non-hydrogen) atoms. The summed E-state index contributed by atoms with van der Waals surface area (Å²) in [5.74, 6) is 0.437. The van der Waals surface area contributed by atoms with Crippen LogP contribution in [-0.2, 0) is 17.9 Å². The molecule has 0 radical (unpaired) electrons. The predicted octanol–water partition coefficient (Wildman–Crippen LogP) is 5.98. The highest BCUT2D eigenvalue weighted by Crippen LogP contribution is 2.30. The summed E-state index contributed by atoms with van der Waals surface area (Å²) in [7, 11) is 0. The second kappa shape index (κ2) is 10.8. The SMILES string of the molecule is O=C(CN(CC1CC1)C(=O)Nc1ccc(Br)cc1)N(Cc1ccccc1)Cc1cccs1. The summed E-state index contributed by atoms with van der Waals surface area (Å²) >= 11 is 5.05. The Labute approximate surface area is 201 Å². The smallest absolute Gasteiger partial charge is 0.322 e. The van der Waals surface area contributed by atoms with Crippen molar-refractivity contribution < 1.29 is 9.59 Å². The molecule has 0 unspecified atom stereocenters. The van der Waals surface area contributed by atoms with Crippen LogP contribution < -0.4 is 5.32 Å². The zero-order valence-electron chi connectivity index (χ0n) is 17.7. The van der Waals surface area contributed by atoms with Gasteiger partial charge in [-0.15, -0.1) is 11.3 Å². The Kier molecular flexibility index (Phi) is 7.60. The number of carbonyl (C=O) groups is 2. The molecule has 0 atom stereocenters. The van der Waals surface area contributed by atoms with E-state index in [2.05, 4.69) is 21.2 Å². The van der Waals surface area contributed by atoms with Crippen molar-refractivity contribution in [1.82, 2.24) is 9.80 Å². The number of rotatable bonds is 9. The minimum atomic E-state index is -0.233. The van der Waals surface area contributed by atoms with E-state index in [4.69, 9.17) is 0 Å². The van der Waals surface area contributed by atoms with Crippen molar-refractivity contribution in [2.24, 2.45) is 5.92 Å². The van der Waals surface area contributed by atoms with Crippen LogP contribution in [0, 0.1) is 5.92 Å². The van der Waals surface area contributed by atoms with Gasteiger partial charge in [-0.05, 0) is 60.0 Å². The molecule has 166 valence electrons. The van der Waals surface area contributed by atoms with Crippen LogP contribution in [0.1, 0.15) is 23.3 Å². The third-order valence-corrected chi connectivity index (χ3v) is 6.77. The monoisotopic (exact) mass is 511 g/mol. The standard InChI is InChI=1S/C25H26BrN3O2S/c26-21-10-12-22(13-11-21)27-25(31)29(16-20-8-9-20)18-24(30)28(17-23-7-4-14-32-23)15-19-5-2-1-3-6-19/h1-7,10-14,20H,8-9,15-18H2,(H,27,31).